The molecule has 154 valence electrons. The summed E-state index contributed by atoms with van der Waals surface area (Å²) in [6, 6.07) is 15.9. The van der Waals surface area contributed by atoms with E-state index in [1.165, 1.54) is 0 Å². The maximum absolute atomic E-state index is 6.08. The molecule has 4 rings (SSSR count). The van der Waals surface area contributed by atoms with Crippen molar-refractivity contribution >= 4 is 23.4 Å². The summed E-state index contributed by atoms with van der Waals surface area (Å²) in [6.07, 6.45) is 2.14. The fraction of sp³-hybridized carbons (Fsp3) is 0.286. The van der Waals surface area contributed by atoms with Crippen molar-refractivity contribution in [3.8, 4) is 17.1 Å². The van der Waals surface area contributed by atoms with E-state index in [4.69, 9.17) is 11.6 Å². The Labute approximate surface area is 184 Å². The van der Waals surface area contributed by atoms with Gasteiger partial charge in [0.25, 0.3) is 0 Å². The third kappa shape index (κ3) is 4.39. The average Bonchev–Trinajstić information content (AvgIpc) is 3.38. The molecule has 9 heteroatoms. The van der Waals surface area contributed by atoms with Gasteiger partial charge in [-0.25, -0.2) is 4.68 Å². The number of thioether (sulfide) groups is 1. The molecule has 0 saturated carbocycles. The van der Waals surface area contributed by atoms with Crippen molar-refractivity contribution in [3.63, 3.8) is 0 Å². The molecule has 0 aliphatic heterocycles. The molecular weight excluding hydrogens is 418 g/mol. The van der Waals surface area contributed by atoms with E-state index < -0.39 is 0 Å². The molecular formula is C21H22ClN7S. The predicted molar refractivity (Wildman–Crippen MR) is 119 cm³/mol. The Morgan fingerprint density at radius 1 is 1.00 bits per heavy atom. The van der Waals surface area contributed by atoms with Gasteiger partial charge in [0.15, 0.2) is 16.8 Å². The number of aryl methyl sites for hydroxylation is 2. The van der Waals surface area contributed by atoms with E-state index in [1.54, 1.807) is 11.8 Å². The molecule has 0 aliphatic rings. The highest BCUT2D eigenvalue weighted by molar-refractivity contribution is 7.98. The van der Waals surface area contributed by atoms with Gasteiger partial charge in [-0.2, -0.15) is 0 Å². The first-order chi connectivity index (χ1) is 14.7. The van der Waals surface area contributed by atoms with Gasteiger partial charge in [-0.1, -0.05) is 54.9 Å². The average molecular weight is 440 g/mol. The van der Waals surface area contributed by atoms with E-state index in [1.807, 2.05) is 41.1 Å². The van der Waals surface area contributed by atoms with E-state index in [0.29, 0.717) is 10.8 Å². The van der Waals surface area contributed by atoms with Crippen LogP contribution in [0, 0.1) is 6.92 Å². The lowest BCUT2D eigenvalue weighted by Gasteiger charge is -2.13. The molecule has 0 saturated heterocycles. The first-order valence-corrected chi connectivity index (χ1v) is 11.2. The Hall–Kier alpha value is -2.71. The summed E-state index contributed by atoms with van der Waals surface area (Å²) in [7, 11) is 0. The molecule has 0 spiro atoms. The normalized spacial score (nSPS) is 11.2. The van der Waals surface area contributed by atoms with E-state index in [2.05, 4.69) is 56.3 Å². The first kappa shape index (κ1) is 20.6. The molecule has 0 radical (unpaired) electrons. The van der Waals surface area contributed by atoms with Gasteiger partial charge in [0.05, 0.1) is 11.4 Å². The summed E-state index contributed by atoms with van der Waals surface area (Å²) in [6.45, 7) is 5.06. The number of nitrogens with zero attached hydrogens (tertiary/aromatic N) is 7. The fourth-order valence-corrected chi connectivity index (χ4v) is 4.12. The Morgan fingerprint density at radius 3 is 2.57 bits per heavy atom. The van der Waals surface area contributed by atoms with Gasteiger partial charge >= 0.3 is 0 Å². The zero-order valence-electron chi connectivity index (χ0n) is 16.9. The van der Waals surface area contributed by atoms with Gasteiger partial charge in [0, 0.05) is 17.1 Å². The maximum atomic E-state index is 6.08. The van der Waals surface area contributed by atoms with Crippen LogP contribution in [-0.2, 0) is 12.3 Å². The van der Waals surface area contributed by atoms with Crippen molar-refractivity contribution in [1.82, 2.24) is 35.0 Å². The summed E-state index contributed by atoms with van der Waals surface area (Å²) in [5, 5.41) is 22.6. The summed E-state index contributed by atoms with van der Waals surface area (Å²) in [4.78, 5) is 0. The highest BCUT2D eigenvalue weighted by Gasteiger charge is 2.18. The van der Waals surface area contributed by atoms with E-state index in [0.717, 1.165) is 53.0 Å². The van der Waals surface area contributed by atoms with Crippen molar-refractivity contribution in [2.75, 3.05) is 0 Å². The van der Waals surface area contributed by atoms with Crippen LogP contribution in [0.4, 0.5) is 0 Å². The van der Waals surface area contributed by atoms with Crippen LogP contribution in [-0.4, -0.2) is 35.0 Å². The minimum Gasteiger partial charge on any atom is -0.270 e. The molecule has 0 aliphatic carbocycles. The third-order valence-corrected chi connectivity index (χ3v) is 5.93. The number of halogens is 1. The molecule has 0 atom stereocenters. The number of tetrazole rings is 1. The Kier molecular flexibility index (Phi) is 6.44. The molecule has 4 aromatic rings. The second-order valence-electron chi connectivity index (χ2n) is 6.90. The zero-order valence-corrected chi connectivity index (χ0v) is 18.4. The topological polar surface area (TPSA) is 74.3 Å². The molecule has 2 aromatic carbocycles. The summed E-state index contributed by atoms with van der Waals surface area (Å²) >= 11 is 7.65. The largest absolute Gasteiger partial charge is 0.270 e. The molecule has 0 amide bonds. The lowest BCUT2D eigenvalue weighted by atomic mass is 10.1. The second-order valence-corrected chi connectivity index (χ2v) is 8.27. The van der Waals surface area contributed by atoms with Crippen molar-refractivity contribution in [1.29, 1.82) is 0 Å². The molecule has 0 bridgehead atoms. The molecule has 0 N–H and O–H groups in total. The van der Waals surface area contributed by atoms with Crippen molar-refractivity contribution in [2.45, 2.75) is 44.1 Å². The maximum Gasteiger partial charge on any atom is 0.196 e. The standard InChI is InChI=1S/C21H22ClN7S/c1-3-4-13-28-19(23-26-27-28)14-30-21-25-24-20(16-9-11-17(22)12-10-16)29(21)18-8-6-5-7-15(18)2/h5-12H,3-4,13-14H2,1-2H3. The van der Waals surface area contributed by atoms with E-state index in [-0.39, 0.29) is 0 Å². The van der Waals surface area contributed by atoms with Gasteiger partial charge in [0.1, 0.15) is 0 Å². The molecule has 30 heavy (non-hydrogen) atoms. The van der Waals surface area contributed by atoms with Crippen LogP contribution in [0.3, 0.4) is 0 Å². The van der Waals surface area contributed by atoms with E-state index >= 15 is 0 Å². The van der Waals surface area contributed by atoms with Gasteiger partial charge in [-0.15, -0.1) is 15.3 Å². The van der Waals surface area contributed by atoms with Crippen LogP contribution >= 0.6 is 23.4 Å². The SMILES string of the molecule is CCCCn1nnnc1CSc1nnc(-c2ccc(Cl)cc2)n1-c1ccccc1C. The molecule has 2 heterocycles. The van der Waals surface area contributed by atoms with Crippen LogP contribution in [0.15, 0.2) is 53.7 Å². The second kappa shape index (κ2) is 9.40. The van der Waals surface area contributed by atoms with Crippen molar-refractivity contribution in [2.24, 2.45) is 0 Å². The number of benzene rings is 2. The minimum atomic E-state index is 0.612. The van der Waals surface area contributed by atoms with Crippen LogP contribution < -0.4 is 0 Å². The summed E-state index contributed by atoms with van der Waals surface area (Å²) in [5.41, 5.74) is 3.14. The monoisotopic (exact) mass is 439 g/mol. The van der Waals surface area contributed by atoms with Gasteiger partial charge in [0.2, 0.25) is 0 Å². The Morgan fingerprint density at radius 2 is 1.80 bits per heavy atom. The highest BCUT2D eigenvalue weighted by atomic mass is 35.5. The van der Waals surface area contributed by atoms with Crippen LogP contribution in [0.2, 0.25) is 5.02 Å². The molecule has 0 fully saturated rings. The van der Waals surface area contributed by atoms with Crippen molar-refractivity contribution < 1.29 is 0 Å². The Balaban J connectivity index is 1.69. The smallest absolute Gasteiger partial charge is 0.196 e. The van der Waals surface area contributed by atoms with Crippen LogP contribution in [0.1, 0.15) is 31.2 Å². The Bertz CT molecular complexity index is 1120. The highest BCUT2D eigenvalue weighted by Crippen LogP contribution is 2.31. The molecule has 0 unspecified atom stereocenters. The number of para-hydroxylation sites is 1. The number of hydrogen-bond acceptors (Lipinski definition) is 6. The lowest BCUT2D eigenvalue weighted by molar-refractivity contribution is 0.540. The molecule has 7 nitrogen and oxygen atoms in total. The van der Waals surface area contributed by atoms with Crippen LogP contribution in [0.25, 0.3) is 17.1 Å². The number of unbranched alkanes of at least 4 members (excludes halogenated alkanes) is 1. The van der Waals surface area contributed by atoms with Gasteiger partial charge in [-0.05, 0) is 59.7 Å². The number of aromatic nitrogens is 7. The van der Waals surface area contributed by atoms with E-state index in [9.17, 15) is 0 Å². The first-order valence-electron chi connectivity index (χ1n) is 9.82. The fourth-order valence-electron chi connectivity index (χ4n) is 3.12. The quantitative estimate of drug-likeness (QED) is 0.360. The minimum absolute atomic E-state index is 0.612. The summed E-state index contributed by atoms with van der Waals surface area (Å²) in [5.74, 6) is 2.22. The third-order valence-electron chi connectivity index (χ3n) is 4.75. The van der Waals surface area contributed by atoms with Crippen molar-refractivity contribution in [3.05, 3.63) is 64.9 Å². The zero-order chi connectivity index (χ0) is 20.9. The van der Waals surface area contributed by atoms with Crippen LogP contribution in [0.5, 0.6) is 0 Å². The number of rotatable bonds is 8. The lowest BCUT2D eigenvalue weighted by Crippen LogP contribution is -2.06. The molecule has 2 aromatic heterocycles. The van der Waals surface area contributed by atoms with Gasteiger partial charge < -0.3 is 0 Å². The van der Waals surface area contributed by atoms with Gasteiger partial charge in [-0.3, -0.25) is 4.57 Å². The number of hydrogen-bond donors (Lipinski definition) is 0. The summed E-state index contributed by atoms with van der Waals surface area (Å²) < 4.78 is 3.95. The predicted octanol–water partition coefficient (Wildman–Crippen LogP) is 4.98.